The smallest absolute Gasteiger partial charge is 0.233 e. The molecule has 0 spiro atoms. The Labute approximate surface area is 109 Å². The minimum atomic E-state index is -4.27. The van der Waals surface area contributed by atoms with Crippen LogP contribution in [0.15, 0.2) is 29.2 Å². The molecule has 0 saturated carbocycles. The summed E-state index contributed by atoms with van der Waals surface area (Å²) < 4.78 is 33.2. The van der Waals surface area contributed by atoms with E-state index in [-0.39, 0.29) is 4.90 Å². The topological polar surface area (TPSA) is 63.5 Å². The van der Waals surface area contributed by atoms with E-state index in [9.17, 15) is 13.0 Å². The van der Waals surface area contributed by atoms with Crippen LogP contribution < -0.4 is 0 Å². The van der Waals surface area contributed by atoms with E-state index in [1.54, 1.807) is 12.1 Å². The molecule has 0 unspecified atom stereocenters. The van der Waals surface area contributed by atoms with Crippen molar-refractivity contribution in [3.63, 3.8) is 0 Å². The molecule has 18 heavy (non-hydrogen) atoms. The van der Waals surface area contributed by atoms with E-state index < -0.39 is 10.1 Å². The minimum absolute atomic E-state index is 0.178. The molecule has 0 aliphatic carbocycles. The lowest BCUT2D eigenvalue weighted by Crippen LogP contribution is -2.15. The lowest BCUT2D eigenvalue weighted by atomic mass is 10.2. The number of nitrogens with zero attached hydrogens (tertiary/aromatic N) is 2. The summed E-state index contributed by atoms with van der Waals surface area (Å²) in [7, 11) is 3.73. The van der Waals surface area contributed by atoms with E-state index >= 15 is 0 Å². The molecule has 0 aliphatic rings. The van der Waals surface area contributed by atoms with E-state index in [0.717, 1.165) is 5.56 Å². The summed E-state index contributed by atoms with van der Waals surface area (Å²) in [5.41, 5.74) is 0.928. The van der Waals surface area contributed by atoms with Gasteiger partial charge in [0.2, 0.25) is 6.34 Å². The molecule has 0 bridgehead atoms. The Morgan fingerprint density at radius 2 is 1.61 bits per heavy atom. The standard InChI is InChI=1S/C7H8O3S.C5H13N2/c1-6-2-4-7(5-3-6)11(8,9)10;1-6(2)5-7(3)4/h2-5H,1H3,(H,8,9,10);5H,1-4H3/q;+1/p-1. The summed E-state index contributed by atoms with van der Waals surface area (Å²) in [6, 6.07) is 5.78. The summed E-state index contributed by atoms with van der Waals surface area (Å²) >= 11 is 0. The lowest BCUT2D eigenvalue weighted by Gasteiger charge is -2.05. The summed E-state index contributed by atoms with van der Waals surface area (Å²) in [5, 5.41) is 0. The second-order valence-electron chi connectivity index (χ2n) is 4.31. The van der Waals surface area contributed by atoms with Gasteiger partial charge >= 0.3 is 0 Å². The van der Waals surface area contributed by atoms with Gasteiger partial charge in [0.15, 0.2) is 0 Å². The molecule has 0 aliphatic heterocycles. The van der Waals surface area contributed by atoms with Crippen LogP contribution >= 0.6 is 0 Å². The van der Waals surface area contributed by atoms with Crippen molar-refractivity contribution < 1.29 is 17.5 Å². The van der Waals surface area contributed by atoms with Crippen LogP contribution in [-0.4, -0.2) is 57.0 Å². The minimum Gasteiger partial charge on any atom is -0.744 e. The van der Waals surface area contributed by atoms with Crippen molar-refractivity contribution in [1.29, 1.82) is 0 Å². The predicted molar refractivity (Wildman–Crippen MR) is 71.0 cm³/mol. The molecular weight excluding hydrogens is 252 g/mol. The van der Waals surface area contributed by atoms with Crippen LogP contribution in [0.3, 0.4) is 0 Å². The SMILES string of the molecule is CN(C)C=[N+](C)C.Cc1ccc(S(=O)(=O)[O-])cc1. The average Bonchev–Trinajstić information content (AvgIpc) is 2.15. The number of aryl methyl sites for hydroxylation is 1. The van der Waals surface area contributed by atoms with Gasteiger partial charge in [-0.1, -0.05) is 17.7 Å². The van der Waals surface area contributed by atoms with Crippen LogP contribution in [0.4, 0.5) is 0 Å². The van der Waals surface area contributed by atoms with E-state index in [1.165, 1.54) is 12.1 Å². The second-order valence-corrected chi connectivity index (χ2v) is 5.69. The molecule has 6 heteroatoms. The Morgan fingerprint density at radius 3 is 1.83 bits per heavy atom. The van der Waals surface area contributed by atoms with Gasteiger partial charge in [0.25, 0.3) is 0 Å². The fourth-order valence-corrected chi connectivity index (χ4v) is 1.64. The monoisotopic (exact) mass is 272 g/mol. The largest absolute Gasteiger partial charge is 0.744 e. The van der Waals surface area contributed by atoms with E-state index in [2.05, 4.69) is 0 Å². The van der Waals surface area contributed by atoms with Gasteiger partial charge in [0.05, 0.1) is 33.1 Å². The van der Waals surface area contributed by atoms with Crippen molar-refractivity contribution in [1.82, 2.24) is 4.90 Å². The highest BCUT2D eigenvalue weighted by molar-refractivity contribution is 7.85. The average molecular weight is 272 g/mol. The van der Waals surface area contributed by atoms with Crippen LogP contribution in [0.2, 0.25) is 0 Å². The van der Waals surface area contributed by atoms with Crippen LogP contribution in [0.25, 0.3) is 0 Å². The highest BCUT2D eigenvalue weighted by Crippen LogP contribution is 2.08. The zero-order valence-corrected chi connectivity index (χ0v) is 12.2. The zero-order valence-electron chi connectivity index (χ0n) is 11.4. The normalized spacial score (nSPS) is 10.1. The fourth-order valence-electron chi connectivity index (χ4n) is 1.17. The molecular formula is C12H20N2O3S. The number of hydrogen-bond donors (Lipinski definition) is 0. The summed E-state index contributed by atoms with van der Waals surface area (Å²) in [6.45, 7) is 1.82. The third-order valence-electron chi connectivity index (χ3n) is 1.77. The van der Waals surface area contributed by atoms with Gasteiger partial charge < -0.3 is 4.55 Å². The second kappa shape index (κ2) is 7.13. The van der Waals surface area contributed by atoms with Gasteiger partial charge in [-0.3, -0.25) is 9.48 Å². The van der Waals surface area contributed by atoms with Gasteiger partial charge in [-0.2, -0.15) is 0 Å². The quantitative estimate of drug-likeness (QED) is 0.345. The first-order valence-corrected chi connectivity index (χ1v) is 6.74. The van der Waals surface area contributed by atoms with Gasteiger partial charge in [-0.15, -0.1) is 0 Å². The van der Waals surface area contributed by atoms with E-state index in [0.29, 0.717) is 0 Å². The Kier molecular flexibility index (Phi) is 6.57. The number of hydrogen-bond acceptors (Lipinski definition) is 3. The molecule has 0 atom stereocenters. The van der Waals surface area contributed by atoms with Crippen molar-refractivity contribution in [3.8, 4) is 0 Å². The molecule has 0 N–H and O–H groups in total. The summed E-state index contributed by atoms with van der Waals surface area (Å²) in [6.07, 6.45) is 2.00. The maximum Gasteiger partial charge on any atom is 0.233 e. The Balaban J connectivity index is 0.000000360. The van der Waals surface area contributed by atoms with Crippen molar-refractivity contribution in [2.45, 2.75) is 11.8 Å². The van der Waals surface area contributed by atoms with Gasteiger partial charge in [-0.25, -0.2) is 8.42 Å². The summed E-state index contributed by atoms with van der Waals surface area (Å²) in [5.74, 6) is 0. The first-order chi connectivity index (χ1) is 8.12. The van der Waals surface area contributed by atoms with Crippen molar-refractivity contribution in [2.24, 2.45) is 0 Å². The molecule has 0 heterocycles. The number of rotatable bonds is 2. The third-order valence-corrected chi connectivity index (χ3v) is 2.62. The maximum atomic E-state index is 10.4. The van der Waals surface area contributed by atoms with E-state index in [4.69, 9.17) is 0 Å². The molecule has 5 nitrogen and oxygen atoms in total. The van der Waals surface area contributed by atoms with Crippen LogP contribution in [0.5, 0.6) is 0 Å². The van der Waals surface area contributed by atoms with Gasteiger partial charge in [0.1, 0.15) is 10.1 Å². The Morgan fingerprint density at radius 1 is 1.17 bits per heavy atom. The van der Waals surface area contributed by atoms with Gasteiger partial charge in [0, 0.05) is 0 Å². The van der Waals surface area contributed by atoms with Crippen molar-refractivity contribution in [2.75, 3.05) is 28.2 Å². The molecule has 1 aromatic carbocycles. The molecule has 0 fully saturated rings. The Bertz CT molecular complexity index is 487. The predicted octanol–water partition coefficient (Wildman–Crippen LogP) is 0.748. The molecule has 0 amide bonds. The lowest BCUT2D eigenvalue weighted by molar-refractivity contribution is -0.464. The Hall–Kier alpha value is -1.40. The molecule has 1 rings (SSSR count). The van der Waals surface area contributed by atoms with Crippen molar-refractivity contribution in [3.05, 3.63) is 29.8 Å². The first kappa shape index (κ1) is 16.6. The molecule has 1 aromatic rings. The van der Waals surface area contributed by atoms with Gasteiger partial charge in [-0.05, 0) is 19.1 Å². The first-order valence-electron chi connectivity index (χ1n) is 5.33. The fraction of sp³-hybridized carbons (Fsp3) is 0.417. The molecule has 0 radical (unpaired) electrons. The highest BCUT2D eigenvalue weighted by Gasteiger charge is 1.97. The maximum absolute atomic E-state index is 10.4. The summed E-state index contributed by atoms with van der Waals surface area (Å²) in [4.78, 5) is 1.82. The van der Waals surface area contributed by atoms with Crippen LogP contribution in [0.1, 0.15) is 5.56 Å². The van der Waals surface area contributed by atoms with Crippen LogP contribution in [0, 0.1) is 6.92 Å². The third kappa shape index (κ3) is 7.81. The zero-order chi connectivity index (χ0) is 14.3. The van der Waals surface area contributed by atoms with Crippen LogP contribution in [-0.2, 0) is 10.1 Å². The van der Waals surface area contributed by atoms with E-state index in [1.807, 2.05) is 50.9 Å². The molecule has 0 aromatic heterocycles. The highest BCUT2D eigenvalue weighted by atomic mass is 32.2. The van der Waals surface area contributed by atoms with Crippen molar-refractivity contribution >= 4 is 16.5 Å². The molecule has 102 valence electrons. The molecule has 0 saturated heterocycles. The number of benzene rings is 1.